The lowest BCUT2D eigenvalue weighted by atomic mass is 10.1. The zero-order valence-corrected chi connectivity index (χ0v) is 15.1. The van der Waals surface area contributed by atoms with Crippen LogP contribution in [-0.4, -0.2) is 35.4 Å². The number of H-pyrrole nitrogens is 1. The molecule has 6 heteroatoms. The van der Waals surface area contributed by atoms with Gasteiger partial charge in [-0.05, 0) is 24.3 Å². The standard InChI is InChI=1S/C21H21N3O3/c1-27-19-8-3-2-5-14(19)12-24-13-15(11-20(24)25)21(26)23-18-7-4-6-17-16(18)9-10-22-17/h2-10,15,22H,11-13H2,1H3,(H,23,26)/t15-/m1/s1. The van der Waals surface area contributed by atoms with Crippen LogP contribution in [0.1, 0.15) is 12.0 Å². The van der Waals surface area contributed by atoms with Gasteiger partial charge in [0, 0.05) is 42.2 Å². The fourth-order valence-electron chi connectivity index (χ4n) is 3.57. The molecule has 27 heavy (non-hydrogen) atoms. The Bertz CT molecular complexity index is 995. The van der Waals surface area contributed by atoms with Crippen LogP contribution in [0, 0.1) is 5.92 Å². The van der Waals surface area contributed by atoms with Crippen LogP contribution in [0.2, 0.25) is 0 Å². The number of anilines is 1. The summed E-state index contributed by atoms with van der Waals surface area (Å²) in [5, 5.41) is 3.94. The number of fused-ring (bicyclic) bond motifs is 1. The van der Waals surface area contributed by atoms with E-state index in [2.05, 4.69) is 10.3 Å². The Hall–Kier alpha value is -3.28. The minimum absolute atomic E-state index is 0.0130. The number of hydrogen-bond acceptors (Lipinski definition) is 3. The fraction of sp³-hybridized carbons (Fsp3) is 0.238. The van der Waals surface area contributed by atoms with Gasteiger partial charge in [-0.25, -0.2) is 0 Å². The van der Waals surface area contributed by atoms with Crippen molar-refractivity contribution in [2.24, 2.45) is 5.92 Å². The molecule has 1 aliphatic rings. The number of rotatable bonds is 5. The van der Waals surface area contributed by atoms with Crippen molar-refractivity contribution in [3.05, 3.63) is 60.3 Å². The number of ether oxygens (including phenoxy) is 1. The Kier molecular flexibility index (Phi) is 4.54. The first kappa shape index (κ1) is 17.1. The number of carbonyl (C=O) groups excluding carboxylic acids is 2. The number of aromatic nitrogens is 1. The van der Waals surface area contributed by atoms with Crippen LogP contribution in [0.3, 0.4) is 0 Å². The quantitative estimate of drug-likeness (QED) is 0.731. The molecule has 0 spiro atoms. The Morgan fingerprint density at radius 1 is 1.22 bits per heavy atom. The third kappa shape index (κ3) is 3.38. The fourth-order valence-corrected chi connectivity index (χ4v) is 3.57. The summed E-state index contributed by atoms with van der Waals surface area (Å²) in [6.07, 6.45) is 2.07. The Morgan fingerprint density at radius 3 is 2.93 bits per heavy atom. The van der Waals surface area contributed by atoms with E-state index >= 15 is 0 Å². The number of hydrogen-bond donors (Lipinski definition) is 2. The zero-order chi connectivity index (χ0) is 18.8. The van der Waals surface area contributed by atoms with E-state index in [0.717, 1.165) is 27.9 Å². The number of amides is 2. The zero-order valence-electron chi connectivity index (χ0n) is 15.1. The highest BCUT2D eigenvalue weighted by molar-refractivity contribution is 6.03. The van der Waals surface area contributed by atoms with Gasteiger partial charge in [0.25, 0.3) is 0 Å². The Morgan fingerprint density at radius 2 is 2.07 bits per heavy atom. The van der Waals surface area contributed by atoms with Crippen LogP contribution in [-0.2, 0) is 16.1 Å². The molecular weight excluding hydrogens is 342 g/mol. The number of para-hydroxylation sites is 1. The number of nitrogens with zero attached hydrogens (tertiary/aromatic N) is 1. The first-order valence-corrected chi connectivity index (χ1v) is 8.92. The lowest BCUT2D eigenvalue weighted by Crippen LogP contribution is -2.28. The molecule has 1 aromatic heterocycles. The summed E-state index contributed by atoms with van der Waals surface area (Å²) in [5.41, 5.74) is 2.66. The second kappa shape index (κ2) is 7.15. The SMILES string of the molecule is COc1ccccc1CN1C[C@H](C(=O)Nc2cccc3[nH]ccc23)CC1=O. The summed E-state index contributed by atoms with van der Waals surface area (Å²) in [6.45, 7) is 0.853. The van der Waals surface area contributed by atoms with Crippen molar-refractivity contribution in [1.82, 2.24) is 9.88 Å². The van der Waals surface area contributed by atoms with Gasteiger partial charge in [-0.2, -0.15) is 0 Å². The van der Waals surface area contributed by atoms with Crippen LogP contribution in [0.4, 0.5) is 5.69 Å². The summed E-state index contributed by atoms with van der Waals surface area (Å²) in [4.78, 5) is 30.0. The molecule has 6 nitrogen and oxygen atoms in total. The molecule has 138 valence electrons. The minimum Gasteiger partial charge on any atom is -0.496 e. The molecule has 2 aromatic carbocycles. The molecule has 0 aliphatic carbocycles. The van der Waals surface area contributed by atoms with E-state index in [0.29, 0.717) is 13.1 Å². The highest BCUT2D eigenvalue weighted by atomic mass is 16.5. The molecule has 4 rings (SSSR count). The van der Waals surface area contributed by atoms with Crippen LogP contribution in [0.15, 0.2) is 54.7 Å². The van der Waals surface area contributed by atoms with Crippen molar-refractivity contribution in [2.45, 2.75) is 13.0 Å². The van der Waals surface area contributed by atoms with E-state index in [9.17, 15) is 9.59 Å². The molecule has 2 N–H and O–H groups in total. The van der Waals surface area contributed by atoms with Crippen LogP contribution in [0.5, 0.6) is 5.75 Å². The Balaban J connectivity index is 1.45. The molecule has 0 radical (unpaired) electrons. The number of nitrogens with one attached hydrogen (secondary N) is 2. The van der Waals surface area contributed by atoms with Gasteiger partial charge < -0.3 is 19.9 Å². The summed E-state index contributed by atoms with van der Waals surface area (Å²) >= 11 is 0. The average molecular weight is 363 g/mol. The summed E-state index contributed by atoms with van der Waals surface area (Å²) in [7, 11) is 1.61. The summed E-state index contributed by atoms with van der Waals surface area (Å²) in [5.74, 6) is 0.249. The molecule has 1 saturated heterocycles. The molecule has 0 unspecified atom stereocenters. The number of benzene rings is 2. The van der Waals surface area contributed by atoms with Crippen molar-refractivity contribution in [2.75, 3.05) is 19.0 Å². The van der Waals surface area contributed by atoms with Crippen molar-refractivity contribution < 1.29 is 14.3 Å². The second-order valence-corrected chi connectivity index (χ2v) is 6.72. The predicted octanol–water partition coefficient (Wildman–Crippen LogP) is 3.16. The van der Waals surface area contributed by atoms with E-state index < -0.39 is 0 Å². The van der Waals surface area contributed by atoms with Crippen molar-refractivity contribution >= 4 is 28.4 Å². The number of carbonyl (C=O) groups is 2. The van der Waals surface area contributed by atoms with Crippen LogP contribution >= 0.6 is 0 Å². The normalized spacial score (nSPS) is 16.7. The highest BCUT2D eigenvalue weighted by Crippen LogP contribution is 2.27. The highest BCUT2D eigenvalue weighted by Gasteiger charge is 2.34. The summed E-state index contributed by atoms with van der Waals surface area (Å²) in [6, 6.07) is 15.3. The Labute approximate surface area is 157 Å². The maximum atomic E-state index is 12.7. The number of likely N-dealkylation sites (tertiary alicyclic amines) is 1. The first-order chi connectivity index (χ1) is 13.2. The maximum absolute atomic E-state index is 12.7. The maximum Gasteiger partial charge on any atom is 0.229 e. The van der Waals surface area contributed by atoms with Gasteiger partial charge in [-0.15, -0.1) is 0 Å². The van der Waals surface area contributed by atoms with E-state index in [1.807, 2.05) is 54.7 Å². The molecule has 2 amide bonds. The molecule has 3 aromatic rings. The number of methoxy groups -OCH3 is 1. The third-order valence-corrected chi connectivity index (χ3v) is 4.99. The van der Waals surface area contributed by atoms with Gasteiger partial charge in [0.05, 0.1) is 18.7 Å². The van der Waals surface area contributed by atoms with Crippen molar-refractivity contribution in [1.29, 1.82) is 0 Å². The van der Waals surface area contributed by atoms with E-state index in [1.165, 1.54) is 0 Å². The predicted molar refractivity (Wildman–Crippen MR) is 103 cm³/mol. The van der Waals surface area contributed by atoms with Crippen molar-refractivity contribution in [3.8, 4) is 5.75 Å². The molecule has 1 fully saturated rings. The third-order valence-electron chi connectivity index (χ3n) is 4.99. The van der Waals surface area contributed by atoms with E-state index in [-0.39, 0.29) is 24.2 Å². The largest absolute Gasteiger partial charge is 0.496 e. The topological polar surface area (TPSA) is 74.4 Å². The molecule has 0 saturated carbocycles. The smallest absolute Gasteiger partial charge is 0.229 e. The molecular formula is C21H21N3O3. The minimum atomic E-state index is -0.360. The summed E-state index contributed by atoms with van der Waals surface area (Å²) < 4.78 is 5.36. The lowest BCUT2D eigenvalue weighted by molar-refractivity contribution is -0.128. The van der Waals surface area contributed by atoms with Gasteiger partial charge in [-0.3, -0.25) is 9.59 Å². The van der Waals surface area contributed by atoms with Gasteiger partial charge in [-0.1, -0.05) is 24.3 Å². The molecule has 0 bridgehead atoms. The van der Waals surface area contributed by atoms with E-state index in [1.54, 1.807) is 12.0 Å². The van der Waals surface area contributed by atoms with E-state index in [4.69, 9.17) is 4.74 Å². The lowest BCUT2D eigenvalue weighted by Gasteiger charge is -2.18. The average Bonchev–Trinajstić information content (AvgIpc) is 3.30. The first-order valence-electron chi connectivity index (χ1n) is 8.92. The van der Waals surface area contributed by atoms with Gasteiger partial charge in [0.2, 0.25) is 11.8 Å². The van der Waals surface area contributed by atoms with Gasteiger partial charge in [0.15, 0.2) is 0 Å². The van der Waals surface area contributed by atoms with Gasteiger partial charge >= 0.3 is 0 Å². The molecule has 1 aliphatic heterocycles. The molecule has 1 atom stereocenters. The number of aromatic amines is 1. The van der Waals surface area contributed by atoms with Crippen LogP contribution < -0.4 is 10.1 Å². The van der Waals surface area contributed by atoms with Crippen LogP contribution in [0.25, 0.3) is 10.9 Å². The molecule has 2 heterocycles. The van der Waals surface area contributed by atoms with Gasteiger partial charge in [0.1, 0.15) is 5.75 Å². The van der Waals surface area contributed by atoms with Crippen molar-refractivity contribution in [3.63, 3.8) is 0 Å². The second-order valence-electron chi connectivity index (χ2n) is 6.72. The monoisotopic (exact) mass is 363 g/mol.